The summed E-state index contributed by atoms with van der Waals surface area (Å²) in [5.41, 5.74) is 1.98. The molecule has 2 aromatic carbocycles. The maximum absolute atomic E-state index is 13.5. The summed E-state index contributed by atoms with van der Waals surface area (Å²) < 4.78 is 26.4. The molecule has 1 aliphatic carbocycles. The number of nitrogens with zero attached hydrogens (tertiary/aromatic N) is 2. The molecule has 7 nitrogen and oxygen atoms in total. The molecule has 1 atom stereocenters. The molecule has 2 amide bonds. The van der Waals surface area contributed by atoms with Gasteiger partial charge in [0.2, 0.25) is 21.8 Å². The first-order valence-corrected chi connectivity index (χ1v) is 15.7. The van der Waals surface area contributed by atoms with Gasteiger partial charge < -0.3 is 10.2 Å². The standard InChI is InChI=1S/C28H37Cl2N3O4S/c1-20-11-7-8-16-26(20)33(38(3,36)37)18-10-17-27(34)32(19-23-24(29)14-9-15-25(23)30)21(2)28(35)31-22-12-5-4-6-13-22/h7-9,11,14-16,21-22H,4-6,10,12-13,17-19H2,1-3H3,(H,31,35). The van der Waals surface area contributed by atoms with Crippen molar-refractivity contribution in [1.82, 2.24) is 10.2 Å². The van der Waals surface area contributed by atoms with Crippen molar-refractivity contribution < 1.29 is 18.0 Å². The highest BCUT2D eigenvalue weighted by molar-refractivity contribution is 7.92. The first-order chi connectivity index (χ1) is 18.0. The molecule has 208 valence electrons. The fourth-order valence-electron chi connectivity index (χ4n) is 4.83. The fraction of sp³-hybridized carbons (Fsp3) is 0.500. The van der Waals surface area contributed by atoms with Crippen LogP contribution in [-0.2, 0) is 26.2 Å². The highest BCUT2D eigenvalue weighted by Gasteiger charge is 2.29. The average Bonchev–Trinajstić information content (AvgIpc) is 2.86. The van der Waals surface area contributed by atoms with Gasteiger partial charge in [-0.15, -0.1) is 0 Å². The number of hydrogen-bond acceptors (Lipinski definition) is 4. The Balaban J connectivity index is 1.76. The summed E-state index contributed by atoms with van der Waals surface area (Å²) in [7, 11) is -3.56. The number of sulfonamides is 1. The van der Waals surface area contributed by atoms with Crippen molar-refractivity contribution in [3.8, 4) is 0 Å². The van der Waals surface area contributed by atoms with Crippen molar-refractivity contribution in [3.63, 3.8) is 0 Å². The third-order valence-corrected chi connectivity index (χ3v) is 8.93. The van der Waals surface area contributed by atoms with Gasteiger partial charge in [-0.05, 0) is 56.9 Å². The summed E-state index contributed by atoms with van der Waals surface area (Å²) in [6.07, 6.45) is 6.69. The average molecular weight is 583 g/mol. The predicted octanol–water partition coefficient (Wildman–Crippen LogP) is 5.71. The molecule has 1 aliphatic rings. The van der Waals surface area contributed by atoms with Gasteiger partial charge in [-0.2, -0.15) is 0 Å². The maximum atomic E-state index is 13.5. The zero-order valence-corrected chi connectivity index (χ0v) is 24.6. The molecule has 2 aromatic rings. The predicted molar refractivity (Wildman–Crippen MR) is 154 cm³/mol. The molecule has 38 heavy (non-hydrogen) atoms. The van der Waals surface area contributed by atoms with E-state index in [9.17, 15) is 18.0 Å². The van der Waals surface area contributed by atoms with E-state index in [2.05, 4.69) is 5.32 Å². The van der Waals surface area contributed by atoms with Crippen LogP contribution >= 0.6 is 23.2 Å². The molecule has 0 aliphatic heterocycles. The normalized spacial score (nSPS) is 15.1. The van der Waals surface area contributed by atoms with E-state index in [0.717, 1.165) is 37.5 Å². The number of para-hydroxylation sites is 1. The number of hydrogen-bond donors (Lipinski definition) is 1. The van der Waals surface area contributed by atoms with Crippen LogP contribution in [0.2, 0.25) is 10.0 Å². The van der Waals surface area contributed by atoms with Crippen LogP contribution in [0.1, 0.15) is 63.0 Å². The molecule has 0 heterocycles. The lowest BCUT2D eigenvalue weighted by Crippen LogP contribution is -2.50. The number of benzene rings is 2. The van der Waals surface area contributed by atoms with E-state index in [-0.39, 0.29) is 43.8 Å². The summed E-state index contributed by atoms with van der Waals surface area (Å²) in [6, 6.07) is 11.7. The van der Waals surface area contributed by atoms with Gasteiger partial charge in [0.15, 0.2) is 0 Å². The van der Waals surface area contributed by atoms with Crippen molar-refractivity contribution in [2.24, 2.45) is 0 Å². The minimum Gasteiger partial charge on any atom is -0.352 e. The van der Waals surface area contributed by atoms with Crippen LogP contribution in [0.25, 0.3) is 0 Å². The van der Waals surface area contributed by atoms with E-state index in [1.165, 1.54) is 15.6 Å². The number of rotatable bonds is 11. The third kappa shape index (κ3) is 8.10. The quantitative estimate of drug-likeness (QED) is 0.368. The summed E-state index contributed by atoms with van der Waals surface area (Å²) >= 11 is 12.8. The van der Waals surface area contributed by atoms with Gasteiger partial charge in [0.05, 0.1) is 11.9 Å². The Morgan fingerprint density at radius 1 is 1.03 bits per heavy atom. The third-order valence-electron chi connectivity index (χ3n) is 7.05. The smallest absolute Gasteiger partial charge is 0.242 e. The number of halogens is 2. The van der Waals surface area contributed by atoms with Crippen molar-refractivity contribution in [3.05, 3.63) is 63.6 Å². The second kappa shape index (κ2) is 13.7. The SMILES string of the molecule is Cc1ccccc1N(CCCC(=O)N(Cc1c(Cl)cccc1Cl)C(C)C(=O)NC1CCCCC1)S(C)(=O)=O. The molecule has 10 heteroatoms. The van der Waals surface area contributed by atoms with Gasteiger partial charge in [0.25, 0.3) is 0 Å². The van der Waals surface area contributed by atoms with E-state index < -0.39 is 16.1 Å². The van der Waals surface area contributed by atoms with Crippen molar-refractivity contribution in [1.29, 1.82) is 0 Å². The topological polar surface area (TPSA) is 86.8 Å². The molecular formula is C28H37Cl2N3O4S. The number of carbonyl (C=O) groups excluding carboxylic acids is 2. The van der Waals surface area contributed by atoms with Crippen molar-refractivity contribution in [2.75, 3.05) is 17.1 Å². The van der Waals surface area contributed by atoms with Crippen LogP contribution in [0.4, 0.5) is 5.69 Å². The number of anilines is 1. The lowest BCUT2D eigenvalue weighted by atomic mass is 9.95. The molecular weight excluding hydrogens is 545 g/mol. The highest BCUT2D eigenvalue weighted by atomic mass is 35.5. The van der Waals surface area contributed by atoms with Crippen molar-refractivity contribution in [2.45, 2.75) is 77.4 Å². The van der Waals surface area contributed by atoms with Gasteiger partial charge >= 0.3 is 0 Å². The fourth-order valence-corrected chi connectivity index (χ4v) is 6.37. The molecule has 1 saturated carbocycles. The van der Waals surface area contributed by atoms with Crippen LogP contribution in [0.5, 0.6) is 0 Å². The molecule has 3 rings (SSSR count). The second-order valence-electron chi connectivity index (χ2n) is 9.97. The van der Waals surface area contributed by atoms with Gasteiger partial charge in [-0.3, -0.25) is 13.9 Å². The Bertz CT molecular complexity index is 1210. The lowest BCUT2D eigenvalue weighted by molar-refractivity contribution is -0.141. The Kier molecular flexibility index (Phi) is 10.9. The maximum Gasteiger partial charge on any atom is 0.242 e. The Hall–Kier alpha value is -2.29. The molecule has 1 fully saturated rings. The van der Waals surface area contributed by atoms with E-state index in [0.29, 0.717) is 21.3 Å². The second-order valence-corrected chi connectivity index (χ2v) is 12.7. The van der Waals surface area contributed by atoms with E-state index in [1.54, 1.807) is 37.3 Å². The summed E-state index contributed by atoms with van der Waals surface area (Å²) in [4.78, 5) is 28.2. The van der Waals surface area contributed by atoms with Crippen LogP contribution in [0, 0.1) is 6.92 Å². The first-order valence-electron chi connectivity index (χ1n) is 13.0. The van der Waals surface area contributed by atoms with Crippen molar-refractivity contribution >= 4 is 50.7 Å². The number of carbonyl (C=O) groups is 2. The minimum absolute atomic E-state index is 0.0566. The van der Waals surface area contributed by atoms with Gasteiger partial charge in [-0.25, -0.2) is 8.42 Å². The summed E-state index contributed by atoms with van der Waals surface area (Å²) in [5.74, 6) is -0.489. The number of nitrogens with one attached hydrogen (secondary N) is 1. The van der Waals surface area contributed by atoms with Gasteiger partial charge in [-0.1, -0.05) is 66.7 Å². The molecule has 0 saturated heterocycles. The Morgan fingerprint density at radius 3 is 2.26 bits per heavy atom. The van der Waals surface area contributed by atoms with E-state index >= 15 is 0 Å². The Morgan fingerprint density at radius 2 is 1.66 bits per heavy atom. The minimum atomic E-state index is -3.56. The molecule has 1 unspecified atom stereocenters. The Labute approximate surface area is 236 Å². The monoisotopic (exact) mass is 581 g/mol. The largest absolute Gasteiger partial charge is 0.352 e. The van der Waals surface area contributed by atoms with E-state index in [1.807, 2.05) is 19.1 Å². The van der Waals surface area contributed by atoms with E-state index in [4.69, 9.17) is 23.2 Å². The number of aryl methyl sites for hydroxylation is 1. The number of amides is 2. The first kappa shape index (κ1) is 30.3. The highest BCUT2D eigenvalue weighted by Crippen LogP contribution is 2.28. The zero-order valence-electron chi connectivity index (χ0n) is 22.3. The van der Waals surface area contributed by atoms with Gasteiger partial charge in [0, 0.05) is 41.2 Å². The van der Waals surface area contributed by atoms with Crippen LogP contribution in [0.15, 0.2) is 42.5 Å². The molecule has 0 bridgehead atoms. The zero-order chi connectivity index (χ0) is 27.9. The summed E-state index contributed by atoms with van der Waals surface area (Å²) in [6.45, 7) is 3.76. The van der Waals surface area contributed by atoms with Crippen LogP contribution < -0.4 is 9.62 Å². The van der Waals surface area contributed by atoms with Gasteiger partial charge in [0.1, 0.15) is 6.04 Å². The molecule has 0 spiro atoms. The van der Waals surface area contributed by atoms with Crippen LogP contribution in [0.3, 0.4) is 0 Å². The summed E-state index contributed by atoms with van der Waals surface area (Å²) in [5, 5.41) is 3.93. The molecule has 0 radical (unpaired) electrons. The van der Waals surface area contributed by atoms with Crippen LogP contribution in [-0.4, -0.2) is 50.0 Å². The lowest BCUT2D eigenvalue weighted by Gasteiger charge is -2.32. The molecule has 1 N–H and O–H groups in total. The molecule has 0 aromatic heterocycles.